The van der Waals surface area contributed by atoms with E-state index in [4.69, 9.17) is 0 Å². The second-order valence-electron chi connectivity index (χ2n) is 7.19. The molecule has 106 valence electrons. The Morgan fingerprint density at radius 1 is 1.00 bits per heavy atom. The molecule has 2 aliphatic rings. The van der Waals surface area contributed by atoms with E-state index in [2.05, 4.69) is 34.7 Å². The summed E-state index contributed by atoms with van der Waals surface area (Å²) in [4.78, 5) is 2.77. The fraction of sp³-hybridized carbons (Fsp3) is 1.00. The highest BCUT2D eigenvalue weighted by molar-refractivity contribution is 9.09. The van der Waals surface area contributed by atoms with Crippen LogP contribution in [0.25, 0.3) is 0 Å². The van der Waals surface area contributed by atoms with Crippen molar-refractivity contribution in [3.05, 3.63) is 0 Å². The molecule has 0 aromatic heterocycles. The van der Waals surface area contributed by atoms with Crippen LogP contribution in [0.15, 0.2) is 0 Å². The fourth-order valence-electron chi connectivity index (χ4n) is 4.21. The Morgan fingerprint density at radius 2 is 1.56 bits per heavy atom. The van der Waals surface area contributed by atoms with Gasteiger partial charge in [0.05, 0.1) is 0 Å². The highest BCUT2D eigenvalue weighted by atomic mass is 79.9. The molecule has 1 saturated heterocycles. The van der Waals surface area contributed by atoms with Crippen molar-refractivity contribution >= 4 is 15.9 Å². The summed E-state index contributed by atoms with van der Waals surface area (Å²) >= 11 is 3.83. The first-order valence-corrected chi connectivity index (χ1v) is 9.04. The molecule has 1 saturated carbocycles. The van der Waals surface area contributed by atoms with Gasteiger partial charge in [-0.3, -0.25) is 0 Å². The summed E-state index contributed by atoms with van der Waals surface area (Å²) in [7, 11) is 0. The Balaban J connectivity index is 1.95. The Bertz CT molecular complexity index is 235. The molecule has 2 unspecified atom stereocenters. The van der Waals surface area contributed by atoms with Gasteiger partial charge in [0.15, 0.2) is 0 Å². The van der Waals surface area contributed by atoms with Gasteiger partial charge in [-0.1, -0.05) is 55.5 Å². The zero-order valence-corrected chi connectivity index (χ0v) is 13.8. The van der Waals surface area contributed by atoms with E-state index in [9.17, 15) is 0 Å². The molecule has 2 atom stereocenters. The van der Waals surface area contributed by atoms with Crippen LogP contribution in [0.2, 0.25) is 0 Å². The molecular formula is C16H30BrN. The molecule has 0 bridgehead atoms. The van der Waals surface area contributed by atoms with Crippen molar-refractivity contribution < 1.29 is 0 Å². The number of halogens is 1. The van der Waals surface area contributed by atoms with E-state index in [0.717, 1.165) is 11.8 Å². The van der Waals surface area contributed by atoms with Crippen molar-refractivity contribution in [2.45, 2.75) is 58.8 Å². The molecule has 1 nitrogen and oxygen atoms in total. The molecule has 1 aliphatic heterocycles. The van der Waals surface area contributed by atoms with Crippen molar-refractivity contribution in [3.8, 4) is 0 Å². The number of piperidine rings is 1. The average molecular weight is 316 g/mol. The molecule has 0 amide bonds. The minimum absolute atomic E-state index is 0.577. The molecule has 2 heteroatoms. The normalized spacial score (nSPS) is 34.2. The lowest BCUT2D eigenvalue weighted by Gasteiger charge is -2.42. The summed E-state index contributed by atoms with van der Waals surface area (Å²) < 4.78 is 0. The van der Waals surface area contributed by atoms with Gasteiger partial charge in [0.1, 0.15) is 0 Å². The van der Waals surface area contributed by atoms with Gasteiger partial charge >= 0.3 is 0 Å². The zero-order valence-electron chi connectivity index (χ0n) is 12.3. The second-order valence-corrected chi connectivity index (χ2v) is 7.75. The fourth-order valence-corrected chi connectivity index (χ4v) is 4.95. The number of likely N-dealkylation sites (tertiary alicyclic amines) is 1. The van der Waals surface area contributed by atoms with Crippen molar-refractivity contribution in [2.75, 3.05) is 25.0 Å². The first-order chi connectivity index (χ1) is 8.63. The molecule has 2 rings (SSSR count). The lowest BCUT2D eigenvalue weighted by molar-refractivity contribution is 0.0844. The number of hydrogen-bond donors (Lipinski definition) is 0. The van der Waals surface area contributed by atoms with Gasteiger partial charge in [-0.2, -0.15) is 0 Å². The Labute approximate surface area is 122 Å². The number of nitrogens with zero attached hydrogens (tertiary/aromatic N) is 1. The van der Waals surface area contributed by atoms with Crippen LogP contribution in [0, 0.1) is 17.3 Å². The Kier molecular flexibility index (Phi) is 5.56. The van der Waals surface area contributed by atoms with Crippen molar-refractivity contribution in [1.29, 1.82) is 0 Å². The Hall–Kier alpha value is 0.440. The highest BCUT2D eigenvalue weighted by Crippen LogP contribution is 2.38. The maximum absolute atomic E-state index is 3.83. The minimum atomic E-state index is 0.577. The van der Waals surface area contributed by atoms with Crippen LogP contribution < -0.4 is 0 Å². The van der Waals surface area contributed by atoms with E-state index in [1.807, 2.05) is 0 Å². The summed E-state index contributed by atoms with van der Waals surface area (Å²) in [5.74, 6) is 1.79. The van der Waals surface area contributed by atoms with E-state index in [-0.39, 0.29) is 0 Å². The summed E-state index contributed by atoms with van der Waals surface area (Å²) in [6, 6.07) is 0. The third-order valence-corrected chi connectivity index (χ3v) is 6.14. The Morgan fingerprint density at radius 3 is 2.06 bits per heavy atom. The molecule has 2 fully saturated rings. The monoisotopic (exact) mass is 315 g/mol. The smallest absolute Gasteiger partial charge is 0.0100 e. The van der Waals surface area contributed by atoms with E-state index in [1.165, 1.54) is 69.9 Å². The average Bonchev–Trinajstić information content (AvgIpc) is 2.54. The maximum atomic E-state index is 3.83. The standard InChI is InChI=1S/C16H30BrN/c1-14-9-15(2)11-18(10-14)13-16(12-17)7-5-3-4-6-8-16/h14-15H,3-13H2,1-2H3. The molecule has 1 heterocycles. The first-order valence-electron chi connectivity index (χ1n) is 7.92. The maximum Gasteiger partial charge on any atom is 0.0100 e. The minimum Gasteiger partial charge on any atom is -0.302 e. The van der Waals surface area contributed by atoms with Crippen LogP contribution in [0.5, 0.6) is 0 Å². The van der Waals surface area contributed by atoms with Crippen molar-refractivity contribution in [1.82, 2.24) is 4.90 Å². The van der Waals surface area contributed by atoms with Crippen molar-refractivity contribution in [3.63, 3.8) is 0 Å². The SMILES string of the molecule is CC1CC(C)CN(CC2(CBr)CCCCCC2)C1. The van der Waals surface area contributed by atoms with Crippen LogP contribution in [0.1, 0.15) is 58.8 Å². The van der Waals surface area contributed by atoms with Gasteiger partial charge < -0.3 is 4.90 Å². The summed E-state index contributed by atoms with van der Waals surface area (Å²) in [6.07, 6.45) is 10.1. The van der Waals surface area contributed by atoms with Crippen LogP contribution in [-0.2, 0) is 0 Å². The predicted molar refractivity (Wildman–Crippen MR) is 83.3 cm³/mol. The topological polar surface area (TPSA) is 3.24 Å². The van der Waals surface area contributed by atoms with Gasteiger partial charge in [-0.15, -0.1) is 0 Å². The van der Waals surface area contributed by atoms with E-state index < -0.39 is 0 Å². The molecule has 0 radical (unpaired) electrons. The van der Waals surface area contributed by atoms with Gasteiger partial charge in [0.2, 0.25) is 0 Å². The van der Waals surface area contributed by atoms with E-state index in [0.29, 0.717) is 5.41 Å². The third-order valence-electron chi connectivity index (χ3n) is 4.95. The summed E-state index contributed by atoms with van der Waals surface area (Å²) in [5.41, 5.74) is 0.577. The van der Waals surface area contributed by atoms with Crippen LogP contribution >= 0.6 is 15.9 Å². The summed E-state index contributed by atoms with van der Waals surface area (Å²) in [5, 5.41) is 1.21. The van der Waals surface area contributed by atoms with Crippen molar-refractivity contribution in [2.24, 2.45) is 17.3 Å². The first kappa shape index (κ1) is 14.8. The molecule has 0 N–H and O–H groups in total. The lowest BCUT2D eigenvalue weighted by Crippen LogP contribution is -2.45. The molecule has 0 aromatic carbocycles. The molecule has 0 aromatic rings. The molecule has 18 heavy (non-hydrogen) atoms. The quantitative estimate of drug-likeness (QED) is 0.539. The number of rotatable bonds is 3. The van der Waals surface area contributed by atoms with Crippen LogP contribution in [0.4, 0.5) is 0 Å². The number of hydrogen-bond acceptors (Lipinski definition) is 1. The molecule has 1 aliphatic carbocycles. The van der Waals surface area contributed by atoms with Gasteiger partial charge in [-0.05, 0) is 36.5 Å². The third kappa shape index (κ3) is 3.96. The molecule has 0 spiro atoms. The van der Waals surface area contributed by atoms with Crippen LogP contribution in [-0.4, -0.2) is 29.9 Å². The largest absolute Gasteiger partial charge is 0.302 e. The lowest BCUT2D eigenvalue weighted by atomic mass is 9.80. The van der Waals surface area contributed by atoms with Gasteiger partial charge in [-0.25, -0.2) is 0 Å². The van der Waals surface area contributed by atoms with E-state index in [1.54, 1.807) is 0 Å². The van der Waals surface area contributed by atoms with Gasteiger partial charge in [0.25, 0.3) is 0 Å². The molecular weight excluding hydrogens is 286 g/mol. The predicted octanol–water partition coefficient (Wildman–Crippen LogP) is 4.70. The van der Waals surface area contributed by atoms with Crippen LogP contribution in [0.3, 0.4) is 0 Å². The second kappa shape index (κ2) is 6.74. The van der Waals surface area contributed by atoms with Gasteiger partial charge in [0, 0.05) is 25.0 Å². The highest BCUT2D eigenvalue weighted by Gasteiger charge is 2.34. The summed E-state index contributed by atoms with van der Waals surface area (Å²) in [6.45, 7) is 8.86. The number of alkyl halides is 1. The zero-order chi connectivity index (χ0) is 13.0. The van der Waals surface area contributed by atoms with E-state index >= 15 is 0 Å².